The summed E-state index contributed by atoms with van der Waals surface area (Å²) < 4.78 is 10.2. The third-order valence-corrected chi connectivity index (χ3v) is 4.85. The van der Waals surface area contributed by atoms with Gasteiger partial charge in [0, 0.05) is 19.1 Å². The highest BCUT2D eigenvalue weighted by molar-refractivity contribution is 7.18. The Balaban J connectivity index is 1.82. The lowest BCUT2D eigenvalue weighted by Crippen LogP contribution is -2.21. The minimum Gasteiger partial charge on any atom is -0.480 e. The summed E-state index contributed by atoms with van der Waals surface area (Å²) in [5.41, 5.74) is 2.68. The second kappa shape index (κ2) is 8.47. The van der Waals surface area contributed by atoms with Gasteiger partial charge in [-0.05, 0) is 13.0 Å². The van der Waals surface area contributed by atoms with Crippen LogP contribution in [0.3, 0.4) is 0 Å². The van der Waals surface area contributed by atoms with E-state index in [4.69, 9.17) is 21.1 Å². The van der Waals surface area contributed by atoms with Crippen molar-refractivity contribution in [2.45, 2.75) is 13.3 Å². The van der Waals surface area contributed by atoms with Crippen molar-refractivity contribution in [2.24, 2.45) is 0 Å². The van der Waals surface area contributed by atoms with Crippen LogP contribution in [-0.2, 0) is 11.2 Å². The molecule has 3 aromatic rings. The molecule has 27 heavy (non-hydrogen) atoms. The summed E-state index contributed by atoms with van der Waals surface area (Å²) in [6.07, 6.45) is 3.69. The lowest BCUT2D eigenvalue weighted by Gasteiger charge is -2.12. The molecule has 0 spiro atoms. The van der Waals surface area contributed by atoms with Crippen LogP contribution in [0.1, 0.15) is 10.6 Å². The fourth-order valence-electron chi connectivity index (χ4n) is 2.52. The second-order valence-electron chi connectivity index (χ2n) is 5.57. The standard InChI is InChI=1S/C17H18ClN5O3S/c1-9-21-14-11(4-5-25-2)13(8-20-16(14)27-9)23-17(24)22-10-6-12(18)15(26-3)19-7-10/h6-8H,4-5H2,1-3H3,(H2,22,23,24). The van der Waals surface area contributed by atoms with Crippen molar-refractivity contribution in [3.8, 4) is 5.88 Å². The topological polar surface area (TPSA) is 98.3 Å². The predicted octanol–water partition coefficient (Wildman–Crippen LogP) is 3.89. The molecule has 0 saturated heterocycles. The zero-order valence-corrected chi connectivity index (χ0v) is 16.6. The Morgan fingerprint density at radius 2 is 2.07 bits per heavy atom. The Morgan fingerprint density at radius 1 is 1.26 bits per heavy atom. The van der Waals surface area contributed by atoms with Gasteiger partial charge in [0.05, 0.1) is 42.5 Å². The van der Waals surface area contributed by atoms with Gasteiger partial charge in [0.25, 0.3) is 0 Å². The third-order valence-electron chi connectivity index (χ3n) is 3.70. The average molecular weight is 408 g/mol. The number of aryl methyl sites for hydroxylation is 1. The molecule has 8 nitrogen and oxygen atoms in total. The molecule has 0 bridgehead atoms. The number of carbonyl (C=O) groups excluding carboxylic acids is 1. The van der Waals surface area contributed by atoms with Gasteiger partial charge in [-0.3, -0.25) is 0 Å². The first-order chi connectivity index (χ1) is 13.0. The summed E-state index contributed by atoms with van der Waals surface area (Å²) in [5, 5.41) is 6.72. The number of aromatic nitrogens is 3. The summed E-state index contributed by atoms with van der Waals surface area (Å²) >= 11 is 7.54. The molecule has 0 aliphatic heterocycles. The molecule has 0 saturated carbocycles. The number of methoxy groups -OCH3 is 2. The molecule has 3 aromatic heterocycles. The monoisotopic (exact) mass is 407 g/mol. The number of fused-ring (bicyclic) bond motifs is 1. The summed E-state index contributed by atoms with van der Waals surface area (Å²) in [6.45, 7) is 2.43. The molecular weight excluding hydrogens is 390 g/mol. The maximum Gasteiger partial charge on any atom is 0.323 e. The van der Waals surface area contributed by atoms with E-state index >= 15 is 0 Å². The molecular formula is C17H18ClN5O3S. The van der Waals surface area contributed by atoms with Gasteiger partial charge in [0.2, 0.25) is 5.88 Å². The number of urea groups is 1. The first-order valence-corrected chi connectivity index (χ1v) is 9.22. The zero-order valence-electron chi connectivity index (χ0n) is 15.0. The SMILES string of the molecule is COCCc1c(NC(=O)Nc2cnc(OC)c(Cl)c2)cnc2sc(C)nc12. The van der Waals surface area contributed by atoms with E-state index in [1.165, 1.54) is 24.6 Å². The minimum absolute atomic E-state index is 0.290. The van der Waals surface area contributed by atoms with Crippen molar-refractivity contribution < 1.29 is 14.3 Å². The van der Waals surface area contributed by atoms with E-state index < -0.39 is 6.03 Å². The molecule has 0 aromatic carbocycles. The number of carbonyl (C=O) groups is 1. The highest BCUT2D eigenvalue weighted by atomic mass is 35.5. The molecule has 0 fully saturated rings. The summed E-state index contributed by atoms with van der Waals surface area (Å²) in [7, 11) is 3.10. The van der Waals surface area contributed by atoms with E-state index in [9.17, 15) is 4.79 Å². The van der Waals surface area contributed by atoms with Gasteiger partial charge >= 0.3 is 6.03 Å². The van der Waals surface area contributed by atoms with Crippen LogP contribution in [0.2, 0.25) is 5.02 Å². The molecule has 10 heteroatoms. The molecule has 3 heterocycles. The number of halogens is 1. The van der Waals surface area contributed by atoms with Gasteiger partial charge in [-0.25, -0.2) is 19.7 Å². The molecule has 2 N–H and O–H groups in total. The van der Waals surface area contributed by atoms with Crippen LogP contribution in [-0.4, -0.2) is 41.8 Å². The molecule has 0 aliphatic carbocycles. The number of nitrogens with one attached hydrogen (secondary N) is 2. The van der Waals surface area contributed by atoms with E-state index in [1.54, 1.807) is 19.4 Å². The Bertz CT molecular complexity index is 979. The fourth-order valence-corrected chi connectivity index (χ4v) is 3.55. The number of thiazole rings is 1. The maximum atomic E-state index is 12.4. The van der Waals surface area contributed by atoms with Crippen LogP contribution in [0.15, 0.2) is 18.5 Å². The largest absolute Gasteiger partial charge is 0.480 e. The second-order valence-corrected chi connectivity index (χ2v) is 7.16. The van der Waals surface area contributed by atoms with Crippen LogP contribution >= 0.6 is 22.9 Å². The van der Waals surface area contributed by atoms with Gasteiger partial charge in [-0.2, -0.15) is 0 Å². The summed E-state index contributed by atoms with van der Waals surface area (Å²) in [6, 6.07) is 1.12. The van der Waals surface area contributed by atoms with Gasteiger partial charge in [-0.15, -0.1) is 0 Å². The van der Waals surface area contributed by atoms with Crippen molar-refractivity contribution in [1.29, 1.82) is 0 Å². The van der Waals surface area contributed by atoms with E-state index in [0.717, 1.165) is 20.9 Å². The summed E-state index contributed by atoms with van der Waals surface area (Å²) in [4.78, 5) is 26.2. The zero-order chi connectivity index (χ0) is 19.4. The number of pyridine rings is 2. The van der Waals surface area contributed by atoms with Gasteiger partial charge in [0.15, 0.2) is 0 Å². The lowest BCUT2D eigenvalue weighted by atomic mass is 10.1. The molecule has 0 atom stereocenters. The van der Waals surface area contributed by atoms with Crippen molar-refractivity contribution in [3.05, 3.63) is 34.1 Å². The average Bonchev–Trinajstić information content (AvgIpc) is 3.01. The van der Waals surface area contributed by atoms with Gasteiger partial charge in [0.1, 0.15) is 15.4 Å². The van der Waals surface area contributed by atoms with Crippen LogP contribution in [0.5, 0.6) is 5.88 Å². The van der Waals surface area contributed by atoms with Crippen molar-refractivity contribution in [3.63, 3.8) is 0 Å². The smallest absolute Gasteiger partial charge is 0.323 e. The predicted molar refractivity (Wildman–Crippen MR) is 106 cm³/mol. The van der Waals surface area contributed by atoms with Crippen LogP contribution in [0, 0.1) is 6.92 Å². The first kappa shape index (κ1) is 19.3. The highest BCUT2D eigenvalue weighted by Crippen LogP contribution is 2.29. The fraction of sp³-hybridized carbons (Fsp3) is 0.294. The van der Waals surface area contributed by atoms with Crippen LogP contribution < -0.4 is 15.4 Å². The molecule has 142 valence electrons. The van der Waals surface area contributed by atoms with Crippen LogP contribution in [0.4, 0.5) is 16.2 Å². The van der Waals surface area contributed by atoms with Gasteiger partial charge in [-0.1, -0.05) is 22.9 Å². The molecule has 0 aliphatic rings. The Labute approximate surface area is 164 Å². The highest BCUT2D eigenvalue weighted by Gasteiger charge is 2.15. The normalized spacial score (nSPS) is 10.8. The molecule has 3 rings (SSSR count). The van der Waals surface area contributed by atoms with Crippen LogP contribution in [0.25, 0.3) is 10.3 Å². The van der Waals surface area contributed by atoms with Gasteiger partial charge < -0.3 is 20.1 Å². The Hall–Kier alpha value is -2.49. The number of ether oxygens (including phenoxy) is 2. The Kier molecular flexibility index (Phi) is 6.04. The minimum atomic E-state index is -0.440. The number of nitrogens with zero attached hydrogens (tertiary/aromatic N) is 3. The number of anilines is 2. The number of hydrogen-bond acceptors (Lipinski definition) is 7. The Morgan fingerprint density at radius 3 is 2.78 bits per heavy atom. The maximum absolute atomic E-state index is 12.4. The number of rotatable bonds is 6. The first-order valence-electron chi connectivity index (χ1n) is 8.03. The van der Waals surface area contributed by atoms with E-state index in [0.29, 0.717) is 29.4 Å². The lowest BCUT2D eigenvalue weighted by molar-refractivity contribution is 0.202. The van der Waals surface area contributed by atoms with Crippen molar-refractivity contribution in [2.75, 3.05) is 31.5 Å². The summed E-state index contributed by atoms with van der Waals surface area (Å²) in [5.74, 6) is 0.290. The van der Waals surface area contributed by atoms with E-state index in [2.05, 4.69) is 25.6 Å². The molecule has 2 amide bonds. The third kappa shape index (κ3) is 4.44. The van der Waals surface area contributed by atoms with E-state index in [1.807, 2.05) is 6.92 Å². The van der Waals surface area contributed by atoms with Crippen molar-refractivity contribution >= 4 is 50.7 Å². The quantitative estimate of drug-likeness (QED) is 0.643. The number of hydrogen-bond donors (Lipinski definition) is 2. The molecule has 0 radical (unpaired) electrons. The molecule has 0 unspecified atom stereocenters. The van der Waals surface area contributed by atoms with Crippen molar-refractivity contribution in [1.82, 2.24) is 15.0 Å². The number of amides is 2. The van der Waals surface area contributed by atoms with E-state index in [-0.39, 0.29) is 5.88 Å².